The Morgan fingerprint density at radius 1 is 1.42 bits per heavy atom. The Morgan fingerprint density at radius 2 is 2.16 bits per heavy atom. The van der Waals surface area contributed by atoms with E-state index >= 15 is 0 Å². The molecular formula is C14H16FNO2S. The zero-order valence-corrected chi connectivity index (χ0v) is 11.5. The van der Waals surface area contributed by atoms with Crippen molar-refractivity contribution in [1.82, 2.24) is 0 Å². The summed E-state index contributed by atoms with van der Waals surface area (Å²) in [6, 6.07) is 6.26. The second-order valence-corrected chi connectivity index (χ2v) is 5.10. The van der Waals surface area contributed by atoms with Crippen molar-refractivity contribution in [2.45, 2.75) is 12.8 Å². The lowest BCUT2D eigenvalue weighted by atomic mass is 9.83. The molecule has 0 bridgehead atoms. The van der Waals surface area contributed by atoms with E-state index in [9.17, 15) is 4.39 Å². The molecule has 2 rings (SSSR count). The van der Waals surface area contributed by atoms with Gasteiger partial charge in [-0.15, -0.1) is 0 Å². The Bertz CT molecular complexity index is 481. The number of halogens is 1. The number of thiol groups is 1. The summed E-state index contributed by atoms with van der Waals surface area (Å²) < 4.78 is 24.5. The average molecular weight is 281 g/mol. The summed E-state index contributed by atoms with van der Waals surface area (Å²) >= 11 is 4.39. The molecule has 0 amide bonds. The van der Waals surface area contributed by atoms with Gasteiger partial charge in [-0.2, -0.15) is 17.9 Å². The van der Waals surface area contributed by atoms with E-state index in [1.54, 1.807) is 12.1 Å². The molecule has 3 nitrogen and oxygen atoms in total. The normalized spacial score (nSPS) is 17.7. The molecule has 0 unspecified atom stereocenters. The van der Waals surface area contributed by atoms with Gasteiger partial charge in [0.25, 0.3) is 0 Å². The Hall–Kier alpha value is -1.25. The zero-order valence-electron chi connectivity index (χ0n) is 10.6. The van der Waals surface area contributed by atoms with E-state index < -0.39 is 5.82 Å². The van der Waals surface area contributed by atoms with Crippen LogP contribution in [0, 0.1) is 22.6 Å². The molecule has 0 radical (unpaired) electrons. The predicted molar refractivity (Wildman–Crippen MR) is 72.9 cm³/mol. The minimum atomic E-state index is -0.549. The number of nitrogens with zero attached hydrogens (tertiary/aromatic N) is 1. The fraction of sp³-hybridized carbons (Fsp3) is 0.500. The van der Waals surface area contributed by atoms with Crippen LogP contribution >= 0.6 is 12.6 Å². The molecule has 0 saturated carbocycles. The Balaban J connectivity index is 2.10. The quantitative estimate of drug-likeness (QED) is 0.863. The average Bonchev–Trinajstić information content (AvgIpc) is 2.46. The largest absolute Gasteiger partial charge is 0.491 e. The molecular weight excluding hydrogens is 265 g/mol. The fourth-order valence-electron chi connectivity index (χ4n) is 2.12. The third kappa shape index (κ3) is 3.20. The molecule has 1 aromatic rings. The maximum absolute atomic E-state index is 13.5. The van der Waals surface area contributed by atoms with Gasteiger partial charge in [-0.05, 0) is 30.7 Å². The van der Waals surface area contributed by atoms with Gasteiger partial charge in [0.05, 0.1) is 6.61 Å². The smallest absolute Gasteiger partial charge is 0.144 e. The van der Waals surface area contributed by atoms with Crippen LogP contribution in [0.3, 0.4) is 0 Å². The third-order valence-electron chi connectivity index (χ3n) is 3.51. The van der Waals surface area contributed by atoms with Gasteiger partial charge in [-0.25, -0.2) is 4.39 Å². The molecule has 0 spiro atoms. The summed E-state index contributed by atoms with van der Waals surface area (Å²) in [5, 5.41) is 8.95. The minimum Gasteiger partial charge on any atom is -0.491 e. The first-order chi connectivity index (χ1) is 9.21. The van der Waals surface area contributed by atoms with Crippen LogP contribution in [0.2, 0.25) is 0 Å². The van der Waals surface area contributed by atoms with E-state index in [4.69, 9.17) is 14.7 Å². The predicted octanol–water partition coefficient (Wildman–Crippen LogP) is 2.80. The summed E-state index contributed by atoms with van der Waals surface area (Å²) in [5.74, 6) is 0.440. The van der Waals surface area contributed by atoms with Crippen LogP contribution in [0.25, 0.3) is 0 Å². The summed E-state index contributed by atoms with van der Waals surface area (Å²) in [5.41, 5.74) is -0.0932. The number of hydrogen-bond acceptors (Lipinski definition) is 4. The molecule has 0 aromatic heterocycles. The molecule has 5 heteroatoms. The number of benzene rings is 1. The van der Waals surface area contributed by atoms with E-state index in [0.29, 0.717) is 31.3 Å². The second-order valence-electron chi connectivity index (χ2n) is 4.78. The van der Waals surface area contributed by atoms with Gasteiger partial charge in [-0.3, -0.25) is 0 Å². The van der Waals surface area contributed by atoms with Gasteiger partial charge in [-0.1, -0.05) is 6.07 Å². The molecule has 0 atom stereocenters. The molecule has 19 heavy (non-hydrogen) atoms. The lowest BCUT2D eigenvalue weighted by molar-refractivity contribution is 0.00300. The van der Waals surface area contributed by atoms with Crippen molar-refractivity contribution in [2.24, 2.45) is 5.41 Å². The van der Waals surface area contributed by atoms with Crippen LogP contribution < -0.4 is 4.74 Å². The first-order valence-electron chi connectivity index (χ1n) is 6.21. The van der Waals surface area contributed by atoms with Crippen molar-refractivity contribution in [3.8, 4) is 11.8 Å². The Kier molecular flexibility index (Phi) is 4.67. The van der Waals surface area contributed by atoms with Gasteiger partial charge in [0, 0.05) is 18.6 Å². The molecule has 1 aromatic carbocycles. The van der Waals surface area contributed by atoms with Crippen LogP contribution in [-0.2, 0) is 4.74 Å². The van der Waals surface area contributed by atoms with Crippen molar-refractivity contribution < 1.29 is 13.9 Å². The van der Waals surface area contributed by atoms with Crippen molar-refractivity contribution >= 4 is 12.6 Å². The van der Waals surface area contributed by atoms with Crippen molar-refractivity contribution in [2.75, 3.05) is 25.6 Å². The lowest BCUT2D eigenvalue weighted by Gasteiger charge is -2.35. The second kappa shape index (κ2) is 6.27. The topological polar surface area (TPSA) is 42.2 Å². The number of ether oxygens (including phenoxy) is 2. The van der Waals surface area contributed by atoms with Crippen molar-refractivity contribution in [1.29, 1.82) is 5.26 Å². The maximum Gasteiger partial charge on any atom is 0.144 e. The summed E-state index contributed by atoms with van der Waals surface area (Å²) in [4.78, 5) is 0. The minimum absolute atomic E-state index is 0.0381. The van der Waals surface area contributed by atoms with E-state index in [2.05, 4.69) is 12.6 Å². The molecule has 1 heterocycles. The van der Waals surface area contributed by atoms with Gasteiger partial charge < -0.3 is 9.47 Å². The lowest BCUT2D eigenvalue weighted by Crippen LogP contribution is -2.37. The summed E-state index contributed by atoms with van der Waals surface area (Å²) in [6.45, 7) is 1.81. The highest BCUT2D eigenvalue weighted by molar-refractivity contribution is 7.80. The molecule has 1 aliphatic rings. The van der Waals surface area contributed by atoms with Crippen LogP contribution in [0.1, 0.15) is 18.4 Å². The van der Waals surface area contributed by atoms with Gasteiger partial charge in [0.2, 0.25) is 0 Å². The highest BCUT2D eigenvalue weighted by Gasteiger charge is 2.32. The van der Waals surface area contributed by atoms with Crippen LogP contribution in [0.15, 0.2) is 18.2 Å². The maximum atomic E-state index is 13.5. The number of nitriles is 1. The van der Waals surface area contributed by atoms with Gasteiger partial charge >= 0.3 is 0 Å². The molecule has 1 fully saturated rings. The zero-order chi connectivity index (χ0) is 13.7. The van der Waals surface area contributed by atoms with E-state index in [1.807, 2.05) is 6.07 Å². The molecule has 102 valence electrons. The monoisotopic (exact) mass is 281 g/mol. The SMILES string of the molecule is N#Cc1c(F)cccc1OCC1(CS)CCOCC1. The summed E-state index contributed by atoms with van der Waals surface area (Å²) in [7, 11) is 0. The van der Waals surface area contributed by atoms with Crippen LogP contribution in [0.4, 0.5) is 4.39 Å². The van der Waals surface area contributed by atoms with E-state index in [0.717, 1.165) is 12.8 Å². The number of rotatable bonds is 4. The summed E-state index contributed by atoms with van der Waals surface area (Å²) in [6.07, 6.45) is 1.74. The standard InChI is InChI=1S/C14H16FNO2S/c15-12-2-1-3-13(11(12)8-16)18-9-14(10-19)4-6-17-7-5-14/h1-3,19H,4-7,9-10H2. The molecule has 1 aliphatic heterocycles. The van der Waals surface area contributed by atoms with Gasteiger partial charge in [0.15, 0.2) is 0 Å². The Morgan fingerprint density at radius 3 is 2.79 bits per heavy atom. The highest BCUT2D eigenvalue weighted by Crippen LogP contribution is 2.33. The molecule has 1 saturated heterocycles. The Labute approximate surface area is 117 Å². The van der Waals surface area contributed by atoms with Crippen molar-refractivity contribution in [3.63, 3.8) is 0 Å². The third-order valence-corrected chi connectivity index (χ3v) is 4.18. The highest BCUT2D eigenvalue weighted by atomic mass is 32.1. The van der Waals surface area contributed by atoms with Crippen LogP contribution in [-0.4, -0.2) is 25.6 Å². The first kappa shape index (κ1) is 14.2. The van der Waals surface area contributed by atoms with E-state index in [1.165, 1.54) is 6.07 Å². The van der Waals surface area contributed by atoms with E-state index in [-0.39, 0.29) is 11.0 Å². The number of hydrogen-bond donors (Lipinski definition) is 1. The molecule has 0 N–H and O–H groups in total. The first-order valence-corrected chi connectivity index (χ1v) is 6.84. The van der Waals surface area contributed by atoms with Gasteiger partial charge in [0.1, 0.15) is 23.2 Å². The fourth-order valence-corrected chi connectivity index (χ4v) is 2.52. The molecule has 0 aliphatic carbocycles. The van der Waals surface area contributed by atoms with Crippen molar-refractivity contribution in [3.05, 3.63) is 29.6 Å². The van der Waals surface area contributed by atoms with Crippen LogP contribution in [0.5, 0.6) is 5.75 Å².